The van der Waals surface area contributed by atoms with Crippen molar-refractivity contribution in [1.29, 1.82) is 0 Å². The molecule has 0 saturated carbocycles. The van der Waals surface area contributed by atoms with Gasteiger partial charge < -0.3 is 0 Å². The molecule has 3 nitrogen and oxygen atoms in total. The van der Waals surface area contributed by atoms with Crippen molar-refractivity contribution in [2.45, 2.75) is 26.3 Å². The van der Waals surface area contributed by atoms with Crippen LogP contribution in [0.2, 0.25) is 0 Å². The van der Waals surface area contributed by atoms with Crippen LogP contribution in [0.15, 0.2) is 28.1 Å². The number of nitrogens with one attached hydrogen (secondary N) is 1. The number of hydrogen-bond donors (Lipinski definition) is 2. The number of rotatable bonds is 4. The van der Waals surface area contributed by atoms with E-state index in [1.165, 1.54) is 5.56 Å². The number of halogens is 1. The van der Waals surface area contributed by atoms with E-state index in [2.05, 4.69) is 56.8 Å². The summed E-state index contributed by atoms with van der Waals surface area (Å²) in [6, 6.07) is 6.37. The van der Waals surface area contributed by atoms with Gasteiger partial charge in [0.15, 0.2) is 0 Å². The van der Waals surface area contributed by atoms with Crippen LogP contribution >= 0.6 is 27.3 Å². The minimum absolute atomic E-state index is 0.0708. The highest BCUT2D eigenvalue weighted by Crippen LogP contribution is 2.27. The maximum Gasteiger partial charge on any atom is 0.0897 e. The first-order valence-corrected chi connectivity index (χ1v) is 7.40. The van der Waals surface area contributed by atoms with Crippen LogP contribution in [0.1, 0.15) is 27.9 Å². The molecule has 0 aliphatic carbocycles. The van der Waals surface area contributed by atoms with Gasteiger partial charge in [-0.1, -0.05) is 28.1 Å². The van der Waals surface area contributed by atoms with Gasteiger partial charge in [0.1, 0.15) is 0 Å². The van der Waals surface area contributed by atoms with E-state index in [9.17, 15) is 0 Å². The smallest absolute Gasteiger partial charge is 0.0897 e. The summed E-state index contributed by atoms with van der Waals surface area (Å²) in [4.78, 5) is 4.48. The third-order valence-corrected chi connectivity index (χ3v) is 4.32. The normalized spacial score (nSPS) is 12.7. The SMILES string of the molecule is Cc1ccc(C(Cc2csc(C)n2)NN)c(Br)c1. The quantitative estimate of drug-likeness (QED) is 0.670. The van der Waals surface area contributed by atoms with Crippen molar-refractivity contribution < 1.29 is 0 Å². The molecule has 2 aromatic rings. The van der Waals surface area contributed by atoms with Crippen LogP contribution in [-0.4, -0.2) is 4.98 Å². The van der Waals surface area contributed by atoms with E-state index >= 15 is 0 Å². The summed E-state index contributed by atoms with van der Waals surface area (Å²) in [6.45, 7) is 4.09. The monoisotopic (exact) mass is 325 g/mol. The van der Waals surface area contributed by atoms with Crippen molar-refractivity contribution in [1.82, 2.24) is 10.4 Å². The number of nitrogens with zero attached hydrogens (tertiary/aromatic N) is 1. The summed E-state index contributed by atoms with van der Waals surface area (Å²) in [7, 11) is 0. The Bertz CT molecular complexity index is 539. The fraction of sp³-hybridized carbons (Fsp3) is 0.308. The van der Waals surface area contributed by atoms with Crippen molar-refractivity contribution in [3.05, 3.63) is 49.9 Å². The molecule has 0 spiro atoms. The summed E-state index contributed by atoms with van der Waals surface area (Å²) >= 11 is 5.26. The molecular formula is C13H16BrN3S. The highest BCUT2D eigenvalue weighted by Gasteiger charge is 2.15. The lowest BCUT2D eigenvalue weighted by Gasteiger charge is -2.17. The molecule has 0 bridgehead atoms. The summed E-state index contributed by atoms with van der Waals surface area (Å²) in [5.74, 6) is 5.67. The zero-order valence-electron chi connectivity index (χ0n) is 10.4. The first kappa shape index (κ1) is 13.7. The van der Waals surface area contributed by atoms with Crippen molar-refractivity contribution in [3.63, 3.8) is 0 Å². The van der Waals surface area contributed by atoms with Gasteiger partial charge in [0.2, 0.25) is 0 Å². The molecule has 0 saturated heterocycles. The van der Waals surface area contributed by atoms with Gasteiger partial charge in [-0.15, -0.1) is 11.3 Å². The summed E-state index contributed by atoms with van der Waals surface area (Å²) in [6.07, 6.45) is 0.794. The molecule has 5 heteroatoms. The molecule has 2 rings (SSSR count). The standard InChI is InChI=1S/C13H16BrN3S/c1-8-3-4-11(12(14)5-8)13(17-15)6-10-7-18-9(2)16-10/h3-5,7,13,17H,6,15H2,1-2H3. The molecule has 1 heterocycles. The topological polar surface area (TPSA) is 50.9 Å². The number of hydrogen-bond acceptors (Lipinski definition) is 4. The van der Waals surface area contributed by atoms with Crippen LogP contribution in [0, 0.1) is 13.8 Å². The van der Waals surface area contributed by atoms with Gasteiger partial charge in [-0.3, -0.25) is 11.3 Å². The molecule has 0 amide bonds. The fourth-order valence-electron chi connectivity index (χ4n) is 1.88. The Morgan fingerprint density at radius 1 is 1.44 bits per heavy atom. The van der Waals surface area contributed by atoms with E-state index in [1.54, 1.807) is 11.3 Å². The van der Waals surface area contributed by atoms with Crippen LogP contribution in [0.4, 0.5) is 0 Å². The predicted octanol–water partition coefficient (Wildman–Crippen LogP) is 3.27. The van der Waals surface area contributed by atoms with Crippen molar-refractivity contribution >= 4 is 27.3 Å². The second kappa shape index (κ2) is 5.93. The lowest BCUT2D eigenvalue weighted by atomic mass is 10.0. The van der Waals surface area contributed by atoms with Gasteiger partial charge in [0.25, 0.3) is 0 Å². The minimum Gasteiger partial charge on any atom is -0.271 e. The second-order valence-corrected chi connectivity index (χ2v) is 6.22. The fourth-order valence-corrected chi connectivity index (χ4v) is 3.28. The molecule has 96 valence electrons. The van der Waals surface area contributed by atoms with E-state index in [-0.39, 0.29) is 6.04 Å². The number of benzene rings is 1. The molecular weight excluding hydrogens is 310 g/mol. The Kier molecular flexibility index (Phi) is 4.50. The second-order valence-electron chi connectivity index (χ2n) is 4.31. The maximum absolute atomic E-state index is 5.67. The zero-order valence-corrected chi connectivity index (χ0v) is 12.8. The molecule has 0 aliphatic heterocycles. The zero-order chi connectivity index (χ0) is 13.1. The third-order valence-electron chi connectivity index (χ3n) is 2.81. The van der Waals surface area contributed by atoms with Gasteiger partial charge >= 0.3 is 0 Å². The molecule has 0 fully saturated rings. The largest absolute Gasteiger partial charge is 0.271 e. The lowest BCUT2D eigenvalue weighted by molar-refractivity contribution is 0.545. The van der Waals surface area contributed by atoms with E-state index in [1.807, 2.05) is 6.92 Å². The third kappa shape index (κ3) is 3.17. The Morgan fingerprint density at radius 3 is 2.78 bits per heavy atom. The van der Waals surface area contributed by atoms with Gasteiger partial charge in [-0.05, 0) is 31.0 Å². The van der Waals surface area contributed by atoms with Crippen LogP contribution in [0.5, 0.6) is 0 Å². The highest BCUT2D eigenvalue weighted by molar-refractivity contribution is 9.10. The number of nitrogens with two attached hydrogens (primary N) is 1. The summed E-state index contributed by atoms with van der Waals surface area (Å²) in [5, 5.41) is 3.17. The number of aryl methyl sites for hydroxylation is 2. The Hall–Kier alpha value is -0.750. The van der Waals surface area contributed by atoms with Crippen molar-refractivity contribution in [2.24, 2.45) is 5.84 Å². The molecule has 1 aromatic carbocycles. The number of hydrazine groups is 1. The van der Waals surface area contributed by atoms with Gasteiger partial charge in [-0.2, -0.15) is 0 Å². The van der Waals surface area contributed by atoms with Crippen LogP contribution in [0.3, 0.4) is 0 Å². The predicted molar refractivity (Wildman–Crippen MR) is 79.5 cm³/mol. The Labute approximate surface area is 120 Å². The number of aromatic nitrogens is 1. The molecule has 0 aliphatic rings. The average Bonchev–Trinajstić information content (AvgIpc) is 2.72. The first-order chi connectivity index (χ1) is 8.60. The molecule has 3 N–H and O–H groups in total. The van der Waals surface area contributed by atoms with Gasteiger partial charge in [-0.25, -0.2) is 4.98 Å². The number of thiazole rings is 1. The molecule has 1 unspecified atom stereocenters. The van der Waals surface area contributed by atoms with Crippen LogP contribution in [0.25, 0.3) is 0 Å². The van der Waals surface area contributed by atoms with Gasteiger partial charge in [0, 0.05) is 16.3 Å². The Balaban J connectivity index is 2.22. The van der Waals surface area contributed by atoms with E-state index in [0.29, 0.717) is 0 Å². The molecule has 1 atom stereocenters. The maximum atomic E-state index is 5.67. The average molecular weight is 326 g/mol. The summed E-state index contributed by atoms with van der Waals surface area (Å²) < 4.78 is 1.08. The molecule has 18 heavy (non-hydrogen) atoms. The van der Waals surface area contributed by atoms with Gasteiger partial charge in [0.05, 0.1) is 16.7 Å². The van der Waals surface area contributed by atoms with E-state index in [4.69, 9.17) is 5.84 Å². The first-order valence-electron chi connectivity index (χ1n) is 5.73. The highest BCUT2D eigenvalue weighted by atomic mass is 79.9. The van der Waals surface area contributed by atoms with Crippen LogP contribution in [-0.2, 0) is 6.42 Å². The van der Waals surface area contributed by atoms with E-state index < -0.39 is 0 Å². The Morgan fingerprint density at radius 2 is 2.22 bits per heavy atom. The van der Waals surface area contributed by atoms with Crippen molar-refractivity contribution in [3.8, 4) is 0 Å². The molecule has 1 aromatic heterocycles. The lowest BCUT2D eigenvalue weighted by Crippen LogP contribution is -2.30. The summed E-state index contributed by atoms with van der Waals surface area (Å²) in [5.41, 5.74) is 6.34. The molecule has 0 radical (unpaired) electrons. The van der Waals surface area contributed by atoms with E-state index in [0.717, 1.165) is 27.2 Å². The minimum atomic E-state index is 0.0708. The van der Waals surface area contributed by atoms with Crippen molar-refractivity contribution in [2.75, 3.05) is 0 Å². The van der Waals surface area contributed by atoms with Crippen LogP contribution < -0.4 is 11.3 Å².